The van der Waals surface area contributed by atoms with Gasteiger partial charge in [0.2, 0.25) is 10.0 Å². The van der Waals surface area contributed by atoms with Crippen LogP contribution in [0.2, 0.25) is 0 Å². The minimum Gasteiger partial charge on any atom is -0.351 e. The van der Waals surface area contributed by atoms with E-state index in [0.717, 1.165) is 16.4 Å². The van der Waals surface area contributed by atoms with Gasteiger partial charge in [-0.15, -0.1) is 0 Å². The average Bonchev–Trinajstić information content (AvgIpc) is 2.64. The molecule has 0 aliphatic heterocycles. The van der Waals surface area contributed by atoms with E-state index in [-0.39, 0.29) is 10.8 Å². The van der Waals surface area contributed by atoms with Crippen molar-refractivity contribution < 1.29 is 13.2 Å². The zero-order valence-corrected chi connectivity index (χ0v) is 18.0. The largest absolute Gasteiger partial charge is 0.351 e. The van der Waals surface area contributed by atoms with E-state index in [1.807, 2.05) is 32.2 Å². The van der Waals surface area contributed by atoms with E-state index in [1.54, 1.807) is 13.0 Å². The standard InChI is InChI=1S/C21H29N3O3S/c1-16-13-19(14-20(17(16)2)28(26,27)23(3)4)21(25)22-11-12-24(5)15-18-9-7-6-8-10-18/h6-10,13-14H,11-12,15H2,1-5H3,(H,22,25). The van der Waals surface area contributed by atoms with Gasteiger partial charge in [0.05, 0.1) is 4.90 Å². The predicted octanol–water partition coefficient (Wildman–Crippen LogP) is 2.42. The second-order valence-electron chi connectivity index (χ2n) is 7.18. The fourth-order valence-corrected chi connectivity index (χ4v) is 4.08. The molecular weight excluding hydrogens is 374 g/mol. The SMILES string of the molecule is Cc1cc(C(=O)NCCN(C)Cc2ccccc2)cc(S(=O)(=O)N(C)C)c1C. The van der Waals surface area contributed by atoms with Crippen molar-refractivity contribution in [3.05, 3.63) is 64.7 Å². The van der Waals surface area contributed by atoms with Crippen LogP contribution in [0.4, 0.5) is 0 Å². The molecule has 0 spiro atoms. The summed E-state index contributed by atoms with van der Waals surface area (Å²) in [7, 11) is 1.36. The second kappa shape index (κ2) is 9.32. The van der Waals surface area contributed by atoms with Gasteiger partial charge in [-0.25, -0.2) is 12.7 Å². The lowest BCUT2D eigenvalue weighted by Gasteiger charge is -2.18. The number of aryl methyl sites for hydroxylation is 1. The molecule has 0 unspecified atom stereocenters. The van der Waals surface area contributed by atoms with Crippen molar-refractivity contribution in [1.29, 1.82) is 0 Å². The van der Waals surface area contributed by atoms with Crippen molar-refractivity contribution in [2.75, 3.05) is 34.2 Å². The summed E-state index contributed by atoms with van der Waals surface area (Å²) >= 11 is 0. The van der Waals surface area contributed by atoms with Crippen LogP contribution in [0, 0.1) is 13.8 Å². The van der Waals surface area contributed by atoms with Crippen LogP contribution in [0.15, 0.2) is 47.4 Å². The Morgan fingerprint density at radius 2 is 1.68 bits per heavy atom. The summed E-state index contributed by atoms with van der Waals surface area (Å²) in [6, 6.07) is 13.3. The number of likely N-dealkylation sites (N-methyl/N-ethyl adjacent to an activating group) is 1. The maximum atomic E-state index is 12.6. The molecular formula is C21H29N3O3S. The lowest BCUT2D eigenvalue weighted by Crippen LogP contribution is -2.33. The number of sulfonamides is 1. The maximum Gasteiger partial charge on any atom is 0.251 e. The van der Waals surface area contributed by atoms with Gasteiger partial charge >= 0.3 is 0 Å². The van der Waals surface area contributed by atoms with Gasteiger partial charge in [-0.05, 0) is 49.7 Å². The maximum absolute atomic E-state index is 12.6. The minimum atomic E-state index is -3.61. The Hall–Kier alpha value is -2.22. The Bertz CT molecular complexity index is 925. The Morgan fingerprint density at radius 1 is 1.04 bits per heavy atom. The second-order valence-corrected chi connectivity index (χ2v) is 9.30. The summed E-state index contributed by atoms with van der Waals surface area (Å²) < 4.78 is 26.3. The molecule has 0 saturated carbocycles. The first kappa shape index (κ1) is 22.1. The highest BCUT2D eigenvalue weighted by Crippen LogP contribution is 2.23. The van der Waals surface area contributed by atoms with E-state index in [9.17, 15) is 13.2 Å². The van der Waals surface area contributed by atoms with Crippen molar-refractivity contribution in [2.24, 2.45) is 0 Å². The fourth-order valence-electron chi connectivity index (χ4n) is 2.86. The zero-order valence-electron chi connectivity index (χ0n) is 17.2. The van der Waals surface area contributed by atoms with Gasteiger partial charge in [-0.3, -0.25) is 4.79 Å². The summed E-state index contributed by atoms with van der Waals surface area (Å²) in [5.41, 5.74) is 3.00. The van der Waals surface area contributed by atoms with E-state index < -0.39 is 10.0 Å². The molecule has 0 aromatic heterocycles. The number of hydrogen-bond donors (Lipinski definition) is 1. The van der Waals surface area contributed by atoms with Crippen LogP contribution in [-0.4, -0.2) is 57.8 Å². The summed E-state index contributed by atoms with van der Waals surface area (Å²) in [5, 5.41) is 2.88. The molecule has 152 valence electrons. The number of rotatable bonds is 8. The lowest BCUT2D eigenvalue weighted by atomic mass is 10.1. The molecule has 0 aliphatic carbocycles. The quantitative estimate of drug-likeness (QED) is 0.735. The van der Waals surface area contributed by atoms with Crippen LogP contribution in [-0.2, 0) is 16.6 Å². The molecule has 2 aromatic carbocycles. The van der Waals surface area contributed by atoms with Crippen molar-refractivity contribution in [3.8, 4) is 0 Å². The third kappa shape index (κ3) is 5.41. The van der Waals surface area contributed by atoms with Gasteiger partial charge in [-0.2, -0.15) is 0 Å². The highest BCUT2D eigenvalue weighted by Gasteiger charge is 2.22. The summed E-state index contributed by atoms with van der Waals surface area (Å²) in [6.45, 7) is 5.53. The van der Waals surface area contributed by atoms with Crippen molar-refractivity contribution >= 4 is 15.9 Å². The molecule has 28 heavy (non-hydrogen) atoms. The van der Waals surface area contributed by atoms with Crippen molar-refractivity contribution in [1.82, 2.24) is 14.5 Å². The van der Waals surface area contributed by atoms with Gasteiger partial charge in [0.1, 0.15) is 0 Å². The first-order chi connectivity index (χ1) is 13.1. The molecule has 1 amide bonds. The first-order valence-electron chi connectivity index (χ1n) is 9.17. The topological polar surface area (TPSA) is 69.7 Å². The Labute approximate surface area is 168 Å². The van der Waals surface area contributed by atoms with Crippen molar-refractivity contribution in [3.63, 3.8) is 0 Å². The molecule has 2 rings (SSSR count). The van der Waals surface area contributed by atoms with E-state index in [2.05, 4.69) is 22.3 Å². The molecule has 0 radical (unpaired) electrons. The normalized spacial score (nSPS) is 11.8. The van der Waals surface area contributed by atoms with E-state index >= 15 is 0 Å². The Balaban J connectivity index is 2.03. The molecule has 2 aromatic rings. The van der Waals surface area contributed by atoms with E-state index in [1.165, 1.54) is 25.7 Å². The van der Waals surface area contributed by atoms with Gasteiger partial charge in [-0.1, -0.05) is 30.3 Å². The van der Waals surface area contributed by atoms with E-state index in [0.29, 0.717) is 24.2 Å². The van der Waals surface area contributed by atoms with Gasteiger partial charge in [0.15, 0.2) is 0 Å². The highest BCUT2D eigenvalue weighted by molar-refractivity contribution is 7.89. The van der Waals surface area contributed by atoms with Crippen LogP contribution in [0.3, 0.4) is 0 Å². The molecule has 0 aliphatic rings. The lowest BCUT2D eigenvalue weighted by molar-refractivity contribution is 0.0949. The average molecular weight is 404 g/mol. The number of nitrogens with zero attached hydrogens (tertiary/aromatic N) is 2. The molecule has 0 atom stereocenters. The number of nitrogens with one attached hydrogen (secondary N) is 1. The first-order valence-corrected chi connectivity index (χ1v) is 10.6. The predicted molar refractivity (Wildman–Crippen MR) is 112 cm³/mol. The molecule has 1 N–H and O–H groups in total. The number of carbonyl (C=O) groups excluding carboxylic acids is 1. The van der Waals surface area contributed by atoms with Crippen LogP contribution in [0.1, 0.15) is 27.0 Å². The summed E-state index contributed by atoms with van der Waals surface area (Å²) in [4.78, 5) is 14.9. The smallest absolute Gasteiger partial charge is 0.251 e. The van der Waals surface area contributed by atoms with E-state index in [4.69, 9.17) is 0 Å². The molecule has 0 saturated heterocycles. The number of benzene rings is 2. The summed E-state index contributed by atoms with van der Waals surface area (Å²) in [6.07, 6.45) is 0. The van der Waals surface area contributed by atoms with Gasteiger partial charge in [0, 0.05) is 39.3 Å². The highest BCUT2D eigenvalue weighted by atomic mass is 32.2. The molecule has 0 fully saturated rings. The molecule has 0 bridgehead atoms. The van der Waals surface area contributed by atoms with Crippen LogP contribution in [0.25, 0.3) is 0 Å². The molecule has 7 heteroatoms. The van der Waals surface area contributed by atoms with Crippen LogP contribution < -0.4 is 5.32 Å². The third-order valence-electron chi connectivity index (χ3n) is 4.71. The third-order valence-corrected chi connectivity index (χ3v) is 6.66. The zero-order chi connectivity index (χ0) is 20.9. The molecule has 6 nitrogen and oxygen atoms in total. The van der Waals surface area contributed by atoms with Crippen molar-refractivity contribution in [2.45, 2.75) is 25.3 Å². The Morgan fingerprint density at radius 3 is 2.29 bits per heavy atom. The summed E-state index contributed by atoms with van der Waals surface area (Å²) in [5.74, 6) is -0.272. The van der Waals surface area contributed by atoms with Crippen LogP contribution >= 0.6 is 0 Å². The fraction of sp³-hybridized carbons (Fsp3) is 0.381. The Kier molecular flexibility index (Phi) is 7.35. The monoisotopic (exact) mass is 403 g/mol. The number of hydrogen-bond acceptors (Lipinski definition) is 4. The van der Waals surface area contributed by atoms with Crippen LogP contribution in [0.5, 0.6) is 0 Å². The van der Waals surface area contributed by atoms with Gasteiger partial charge in [0.25, 0.3) is 5.91 Å². The number of amides is 1. The molecule has 0 heterocycles. The number of carbonyl (C=O) groups is 1. The minimum absolute atomic E-state index is 0.170. The van der Waals surface area contributed by atoms with Gasteiger partial charge < -0.3 is 10.2 Å².